The van der Waals surface area contributed by atoms with Gasteiger partial charge in [-0.15, -0.1) is 11.3 Å². The average molecular weight is 313 g/mol. The van der Waals surface area contributed by atoms with Crippen LogP contribution in [-0.4, -0.2) is 37.4 Å². The maximum atomic E-state index is 11.9. The average Bonchev–Trinajstić information content (AvgIpc) is 2.82. The summed E-state index contributed by atoms with van der Waals surface area (Å²) in [4.78, 5) is 16.0. The molecule has 0 radical (unpaired) electrons. The number of benzene rings is 1. The smallest absolute Gasteiger partial charge is 0.241 e. The molecular formula is C12H15N3O3S2. The van der Waals surface area contributed by atoms with Crippen molar-refractivity contribution in [1.29, 1.82) is 0 Å². The van der Waals surface area contributed by atoms with Gasteiger partial charge in [0.05, 0.1) is 27.5 Å². The highest BCUT2D eigenvalue weighted by atomic mass is 32.2. The third-order valence-electron chi connectivity index (χ3n) is 2.74. The number of amides is 1. The Morgan fingerprint density at radius 1 is 1.50 bits per heavy atom. The van der Waals surface area contributed by atoms with Crippen LogP contribution in [0, 0.1) is 0 Å². The number of carbonyl (C=O) groups is 1. The number of hydrogen-bond acceptors (Lipinski definition) is 6. The number of carbonyl (C=O) groups excluding carboxylic acids is 1. The summed E-state index contributed by atoms with van der Waals surface area (Å²) >= 11 is 1.48. The molecule has 2 aromatic rings. The Hall–Kier alpha value is -1.51. The fourth-order valence-electron chi connectivity index (χ4n) is 1.64. The lowest BCUT2D eigenvalue weighted by molar-refractivity contribution is -0.117. The van der Waals surface area contributed by atoms with Crippen LogP contribution >= 0.6 is 11.3 Å². The van der Waals surface area contributed by atoms with Gasteiger partial charge < -0.3 is 11.1 Å². The molecule has 108 valence electrons. The van der Waals surface area contributed by atoms with Gasteiger partial charge in [0, 0.05) is 11.9 Å². The Morgan fingerprint density at radius 3 is 2.95 bits per heavy atom. The number of anilines is 1. The zero-order valence-corrected chi connectivity index (χ0v) is 12.5. The predicted molar refractivity (Wildman–Crippen MR) is 80.6 cm³/mol. The highest BCUT2D eigenvalue weighted by Gasteiger charge is 2.16. The fourth-order valence-corrected chi connectivity index (χ4v) is 3.04. The molecule has 0 spiro atoms. The molecule has 1 heterocycles. The van der Waals surface area contributed by atoms with Crippen LogP contribution in [0.15, 0.2) is 23.7 Å². The Balaban J connectivity index is 1.99. The van der Waals surface area contributed by atoms with E-state index in [0.29, 0.717) is 5.69 Å². The zero-order valence-electron chi connectivity index (χ0n) is 10.9. The van der Waals surface area contributed by atoms with Crippen molar-refractivity contribution >= 4 is 43.0 Å². The quantitative estimate of drug-likeness (QED) is 0.857. The van der Waals surface area contributed by atoms with Gasteiger partial charge in [-0.3, -0.25) is 4.79 Å². The molecule has 0 aliphatic rings. The summed E-state index contributed by atoms with van der Waals surface area (Å²) in [7, 11) is -3.11. The van der Waals surface area contributed by atoms with E-state index in [1.54, 1.807) is 11.6 Å². The number of aromatic nitrogens is 1. The van der Waals surface area contributed by atoms with E-state index in [4.69, 9.17) is 5.73 Å². The number of nitrogens with one attached hydrogen (secondary N) is 1. The summed E-state index contributed by atoms with van der Waals surface area (Å²) in [6.07, 6.45) is 1.23. The van der Waals surface area contributed by atoms with Crippen molar-refractivity contribution in [2.24, 2.45) is 5.73 Å². The largest absolute Gasteiger partial charge is 0.325 e. The molecular weight excluding hydrogens is 298 g/mol. The van der Waals surface area contributed by atoms with Crippen LogP contribution in [0.25, 0.3) is 10.2 Å². The maximum absolute atomic E-state index is 11.9. The molecule has 0 fully saturated rings. The third-order valence-corrected chi connectivity index (χ3v) is 4.50. The number of hydrogen-bond donors (Lipinski definition) is 2. The molecule has 0 bridgehead atoms. The van der Waals surface area contributed by atoms with Gasteiger partial charge in [0.1, 0.15) is 9.84 Å². The Morgan fingerprint density at radius 2 is 2.25 bits per heavy atom. The van der Waals surface area contributed by atoms with Crippen LogP contribution in [0.5, 0.6) is 0 Å². The van der Waals surface area contributed by atoms with Crippen molar-refractivity contribution in [3.8, 4) is 0 Å². The molecule has 1 amide bonds. The van der Waals surface area contributed by atoms with Gasteiger partial charge in [-0.05, 0) is 24.6 Å². The molecule has 0 aliphatic carbocycles. The molecule has 20 heavy (non-hydrogen) atoms. The number of sulfone groups is 1. The second-order valence-corrected chi connectivity index (χ2v) is 7.70. The van der Waals surface area contributed by atoms with Gasteiger partial charge in [-0.25, -0.2) is 13.4 Å². The Kier molecular flexibility index (Phi) is 4.36. The first-order valence-corrected chi connectivity index (χ1v) is 8.86. The molecule has 2 rings (SSSR count). The summed E-state index contributed by atoms with van der Waals surface area (Å²) in [6, 6.07) is 4.52. The van der Waals surface area contributed by atoms with Crippen LogP contribution in [0.4, 0.5) is 5.69 Å². The van der Waals surface area contributed by atoms with E-state index in [2.05, 4.69) is 10.3 Å². The van der Waals surface area contributed by atoms with Gasteiger partial charge in [0.25, 0.3) is 0 Å². The monoisotopic (exact) mass is 313 g/mol. The second-order valence-electron chi connectivity index (χ2n) is 4.55. The highest BCUT2D eigenvalue weighted by molar-refractivity contribution is 7.90. The molecule has 0 saturated heterocycles. The topological polar surface area (TPSA) is 102 Å². The fraction of sp³-hybridized carbons (Fsp3) is 0.333. The molecule has 0 aliphatic heterocycles. The molecule has 1 aromatic carbocycles. The van der Waals surface area contributed by atoms with Gasteiger partial charge in [-0.1, -0.05) is 0 Å². The highest BCUT2D eigenvalue weighted by Crippen LogP contribution is 2.21. The SMILES string of the molecule is CS(=O)(=O)CCC(N)C(=O)Nc1ccc2ncsc2c1. The lowest BCUT2D eigenvalue weighted by Gasteiger charge is -2.11. The van der Waals surface area contributed by atoms with Crippen LogP contribution in [0.1, 0.15) is 6.42 Å². The third kappa shape index (κ3) is 3.99. The van der Waals surface area contributed by atoms with Crippen molar-refractivity contribution in [3.63, 3.8) is 0 Å². The second kappa shape index (κ2) is 5.86. The minimum atomic E-state index is -3.11. The molecule has 1 unspecified atom stereocenters. The number of rotatable bonds is 5. The first-order chi connectivity index (χ1) is 9.35. The first kappa shape index (κ1) is 14.9. The van der Waals surface area contributed by atoms with E-state index in [0.717, 1.165) is 16.5 Å². The van der Waals surface area contributed by atoms with E-state index >= 15 is 0 Å². The van der Waals surface area contributed by atoms with Crippen molar-refractivity contribution in [2.45, 2.75) is 12.5 Å². The lowest BCUT2D eigenvalue weighted by atomic mass is 10.2. The number of nitrogens with zero attached hydrogens (tertiary/aromatic N) is 1. The minimum absolute atomic E-state index is 0.102. The van der Waals surface area contributed by atoms with Gasteiger partial charge >= 0.3 is 0 Å². The van der Waals surface area contributed by atoms with E-state index in [1.807, 2.05) is 12.1 Å². The van der Waals surface area contributed by atoms with Gasteiger partial charge in [-0.2, -0.15) is 0 Å². The van der Waals surface area contributed by atoms with Crippen LogP contribution < -0.4 is 11.1 Å². The van der Waals surface area contributed by atoms with E-state index in [9.17, 15) is 13.2 Å². The van der Waals surface area contributed by atoms with Crippen molar-refractivity contribution in [1.82, 2.24) is 4.98 Å². The van der Waals surface area contributed by atoms with Gasteiger partial charge in [0.2, 0.25) is 5.91 Å². The number of fused-ring (bicyclic) bond motifs is 1. The molecule has 1 atom stereocenters. The minimum Gasteiger partial charge on any atom is -0.325 e. The molecule has 3 N–H and O–H groups in total. The normalized spacial score (nSPS) is 13.3. The van der Waals surface area contributed by atoms with E-state index in [1.165, 1.54) is 11.3 Å². The van der Waals surface area contributed by atoms with Crippen molar-refractivity contribution in [2.75, 3.05) is 17.3 Å². The lowest BCUT2D eigenvalue weighted by Crippen LogP contribution is -2.37. The van der Waals surface area contributed by atoms with Crippen molar-refractivity contribution in [3.05, 3.63) is 23.7 Å². The first-order valence-electron chi connectivity index (χ1n) is 5.92. The zero-order chi connectivity index (χ0) is 14.8. The Labute approximate surface area is 120 Å². The molecule has 1 aromatic heterocycles. The maximum Gasteiger partial charge on any atom is 0.241 e. The summed E-state index contributed by atoms with van der Waals surface area (Å²) in [5.41, 5.74) is 8.91. The van der Waals surface area contributed by atoms with Gasteiger partial charge in [0.15, 0.2) is 0 Å². The summed E-state index contributed by atoms with van der Waals surface area (Å²) < 4.78 is 23.0. The van der Waals surface area contributed by atoms with E-state index in [-0.39, 0.29) is 12.2 Å². The summed E-state index contributed by atoms with van der Waals surface area (Å²) in [5.74, 6) is -0.493. The van der Waals surface area contributed by atoms with Crippen molar-refractivity contribution < 1.29 is 13.2 Å². The summed E-state index contributed by atoms with van der Waals surface area (Å²) in [5, 5.41) is 2.68. The van der Waals surface area contributed by atoms with Crippen LogP contribution in [0.3, 0.4) is 0 Å². The van der Waals surface area contributed by atoms with Crippen LogP contribution in [0.2, 0.25) is 0 Å². The number of nitrogens with two attached hydrogens (primary N) is 1. The molecule has 6 nitrogen and oxygen atoms in total. The number of thiazole rings is 1. The molecule has 0 saturated carbocycles. The predicted octanol–water partition coefficient (Wildman–Crippen LogP) is 0.997. The Bertz CT molecular complexity index is 724. The standard InChI is InChI=1S/C12H15N3O3S2/c1-20(17,18)5-4-9(13)12(16)15-8-2-3-10-11(6-8)19-7-14-10/h2-3,6-7,9H,4-5,13H2,1H3,(H,15,16). The van der Waals surface area contributed by atoms with E-state index < -0.39 is 21.8 Å². The summed E-state index contributed by atoms with van der Waals surface area (Å²) in [6.45, 7) is 0. The molecule has 8 heteroatoms. The van der Waals surface area contributed by atoms with Crippen LogP contribution in [-0.2, 0) is 14.6 Å².